The highest BCUT2D eigenvalue weighted by Gasteiger charge is 2.42. The molecule has 0 saturated carbocycles. The Balaban J connectivity index is 2.52. The monoisotopic (exact) mass is 226 g/mol. The average molecular weight is 226 g/mol. The molecule has 0 radical (unpaired) electrons. The Labute approximate surface area is 91.9 Å². The first-order valence-corrected chi connectivity index (χ1v) is 4.91. The van der Waals surface area contributed by atoms with Crippen molar-refractivity contribution in [3.63, 3.8) is 0 Å². The van der Waals surface area contributed by atoms with E-state index in [1.165, 1.54) is 19.1 Å². The molecule has 0 amide bonds. The molecule has 2 N–H and O–H groups in total. The molecular formula is C11H12F2N2O. The van der Waals surface area contributed by atoms with Gasteiger partial charge in [0.05, 0.1) is 0 Å². The minimum atomic E-state index is -1.42. The molecule has 0 aliphatic carbocycles. The molecule has 5 heteroatoms. The predicted octanol–water partition coefficient (Wildman–Crippen LogP) is 1.72. The van der Waals surface area contributed by atoms with Crippen LogP contribution in [0.1, 0.15) is 12.5 Å². The molecular weight excluding hydrogens is 214 g/mol. The smallest absolute Gasteiger partial charge is 0.283 e. The molecule has 0 bridgehead atoms. The maximum atomic E-state index is 13.8. The average Bonchev–Trinajstić information content (AvgIpc) is 2.24. The quantitative estimate of drug-likeness (QED) is 0.792. The fourth-order valence-corrected chi connectivity index (χ4v) is 1.75. The van der Waals surface area contributed by atoms with Gasteiger partial charge in [0.25, 0.3) is 6.02 Å². The lowest BCUT2D eigenvalue weighted by molar-refractivity contribution is 0.0923. The van der Waals surface area contributed by atoms with Crippen molar-refractivity contribution in [3.05, 3.63) is 35.6 Å². The van der Waals surface area contributed by atoms with Gasteiger partial charge in [-0.1, -0.05) is 18.2 Å². The van der Waals surface area contributed by atoms with Gasteiger partial charge in [0.1, 0.15) is 18.0 Å². The van der Waals surface area contributed by atoms with Gasteiger partial charge in [0.2, 0.25) is 0 Å². The van der Waals surface area contributed by atoms with Crippen LogP contribution in [0.4, 0.5) is 8.78 Å². The molecule has 2 unspecified atom stereocenters. The number of ether oxygens (including phenoxy) is 1. The molecule has 1 aliphatic heterocycles. The second kappa shape index (κ2) is 3.73. The molecule has 3 nitrogen and oxygen atoms in total. The number of hydrogen-bond donors (Lipinski definition) is 1. The number of aliphatic imine (C=N–C) groups is 1. The Kier molecular flexibility index (Phi) is 2.53. The number of benzene rings is 1. The van der Waals surface area contributed by atoms with E-state index < -0.39 is 17.5 Å². The van der Waals surface area contributed by atoms with Crippen molar-refractivity contribution in [2.24, 2.45) is 10.7 Å². The van der Waals surface area contributed by atoms with E-state index in [-0.39, 0.29) is 18.2 Å². The Morgan fingerprint density at radius 1 is 1.50 bits per heavy atom. The Hall–Kier alpha value is -1.65. The van der Waals surface area contributed by atoms with Crippen LogP contribution >= 0.6 is 0 Å². The lowest BCUT2D eigenvalue weighted by Crippen LogP contribution is -2.43. The maximum Gasteiger partial charge on any atom is 0.283 e. The molecule has 1 aromatic rings. The van der Waals surface area contributed by atoms with E-state index in [0.717, 1.165) is 0 Å². The van der Waals surface area contributed by atoms with Gasteiger partial charge in [0, 0.05) is 5.56 Å². The van der Waals surface area contributed by atoms with Gasteiger partial charge >= 0.3 is 0 Å². The van der Waals surface area contributed by atoms with Crippen LogP contribution in [0.15, 0.2) is 29.3 Å². The first-order valence-electron chi connectivity index (χ1n) is 4.91. The third-order valence-electron chi connectivity index (χ3n) is 2.75. The van der Waals surface area contributed by atoms with Crippen molar-refractivity contribution in [2.75, 3.05) is 6.61 Å². The summed E-state index contributed by atoms with van der Waals surface area (Å²) in [4.78, 5) is 3.88. The topological polar surface area (TPSA) is 47.6 Å². The van der Waals surface area contributed by atoms with E-state index in [0.29, 0.717) is 0 Å². The molecule has 16 heavy (non-hydrogen) atoms. The molecule has 0 fully saturated rings. The van der Waals surface area contributed by atoms with E-state index >= 15 is 0 Å². The molecule has 0 aromatic heterocycles. The highest BCUT2D eigenvalue weighted by molar-refractivity contribution is 5.73. The highest BCUT2D eigenvalue weighted by Crippen LogP contribution is 2.35. The van der Waals surface area contributed by atoms with Gasteiger partial charge in [-0.2, -0.15) is 0 Å². The van der Waals surface area contributed by atoms with Crippen LogP contribution < -0.4 is 5.73 Å². The number of hydrogen-bond acceptors (Lipinski definition) is 3. The molecule has 0 saturated heterocycles. The summed E-state index contributed by atoms with van der Waals surface area (Å²) < 4.78 is 32.2. The SMILES string of the molecule is CC1(c2ccccc2F)N=C(N)OCC1F. The van der Waals surface area contributed by atoms with E-state index in [4.69, 9.17) is 10.5 Å². The molecule has 1 aliphatic rings. The summed E-state index contributed by atoms with van der Waals surface area (Å²) in [6, 6.07) is 5.84. The van der Waals surface area contributed by atoms with Crippen LogP contribution in [0.3, 0.4) is 0 Å². The van der Waals surface area contributed by atoms with Crippen molar-refractivity contribution in [1.29, 1.82) is 0 Å². The minimum Gasteiger partial charge on any atom is -0.462 e. The molecule has 1 heterocycles. The molecule has 86 valence electrons. The maximum absolute atomic E-state index is 13.8. The van der Waals surface area contributed by atoms with Crippen molar-refractivity contribution < 1.29 is 13.5 Å². The number of nitrogens with zero attached hydrogens (tertiary/aromatic N) is 1. The third-order valence-corrected chi connectivity index (χ3v) is 2.75. The van der Waals surface area contributed by atoms with E-state index in [9.17, 15) is 8.78 Å². The van der Waals surface area contributed by atoms with Gasteiger partial charge in [-0.05, 0) is 13.0 Å². The molecule has 2 atom stereocenters. The van der Waals surface area contributed by atoms with Crippen LogP contribution in [-0.2, 0) is 10.3 Å². The minimum absolute atomic E-state index is 0.111. The summed E-state index contributed by atoms with van der Waals surface area (Å²) in [6.45, 7) is 1.30. The van der Waals surface area contributed by atoms with Crippen molar-refractivity contribution in [2.45, 2.75) is 18.6 Å². The Morgan fingerprint density at radius 2 is 2.19 bits per heavy atom. The van der Waals surface area contributed by atoms with Crippen molar-refractivity contribution in [3.8, 4) is 0 Å². The number of amidine groups is 1. The normalized spacial score (nSPS) is 29.4. The Bertz CT molecular complexity index is 436. The van der Waals surface area contributed by atoms with Crippen LogP contribution in [0.5, 0.6) is 0 Å². The number of rotatable bonds is 1. The second-order valence-corrected chi connectivity index (χ2v) is 3.86. The summed E-state index contributed by atoms with van der Waals surface area (Å²) in [5.74, 6) is -0.494. The third kappa shape index (κ3) is 1.62. The fourth-order valence-electron chi connectivity index (χ4n) is 1.75. The standard InChI is InChI=1S/C11H12F2N2O/c1-11(7-4-2-3-5-8(7)12)9(13)6-16-10(14)15-11/h2-5,9H,6H2,1H3,(H2,14,15). The zero-order valence-electron chi connectivity index (χ0n) is 8.78. The van der Waals surface area contributed by atoms with Crippen molar-refractivity contribution >= 4 is 6.02 Å². The Morgan fingerprint density at radius 3 is 2.88 bits per heavy atom. The van der Waals surface area contributed by atoms with Crippen molar-refractivity contribution in [1.82, 2.24) is 0 Å². The first-order chi connectivity index (χ1) is 7.54. The lowest BCUT2D eigenvalue weighted by Gasteiger charge is -2.33. The summed E-state index contributed by atoms with van der Waals surface area (Å²) in [6.07, 6.45) is -1.42. The van der Waals surface area contributed by atoms with E-state index in [2.05, 4.69) is 4.99 Å². The first kappa shape index (κ1) is 10.9. The summed E-state index contributed by atoms with van der Waals surface area (Å²) in [5, 5.41) is 0. The van der Waals surface area contributed by atoms with Gasteiger partial charge in [-0.15, -0.1) is 0 Å². The van der Waals surface area contributed by atoms with E-state index in [1.54, 1.807) is 12.1 Å². The van der Waals surface area contributed by atoms with Gasteiger partial charge in [0.15, 0.2) is 6.17 Å². The zero-order valence-corrected chi connectivity index (χ0v) is 8.78. The lowest BCUT2D eigenvalue weighted by atomic mass is 9.87. The van der Waals surface area contributed by atoms with Crippen LogP contribution in [0.25, 0.3) is 0 Å². The fraction of sp³-hybridized carbons (Fsp3) is 0.364. The highest BCUT2D eigenvalue weighted by atomic mass is 19.1. The number of alkyl halides is 1. The molecule has 1 aromatic carbocycles. The van der Waals surface area contributed by atoms with Crippen LogP contribution in [0.2, 0.25) is 0 Å². The van der Waals surface area contributed by atoms with Gasteiger partial charge in [-0.25, -0.2) is 13.8 Å². The van der Waals surface area contributed by atoms with E-state index in [1.807, 2.05) is 0 Å². The zero-order chi connectivity index (χ0) is 11.8. The summed E-state index contributed by atoms with van der Waals surface area (Å²) in [7, 11) is 0. The van der Waals surface area contributed by atoms with Crippen LogP contribution in [-0.4, -0.2) is 18.8 Å². The second-order valence-electron chi connectivity index (χ2n) is 3.86. The number of halogens is 2. The van der Waals surface area contributed by atoms with Gasteiger partial charge < -0.3 is 10.5 Å². The molecule has 0 spiro atoms. The molecule has 2 rings (SSSR count). The predicted molar refractivity (Wildman–Crippen MR) is 56.2 cm³/mol. The summed E-state index contributed by atoms with van der Waals surface area (Å²) >= 11 is 0. The summed E-state index contributed by atoms with van der Waals surface area (Å²) in [5.41, 5.74) is 4.28. The largest absolute Gasteiger partial charge is 0.462 e. The number of nitrogens with two attached hydrogens (primary N) is 1. The van der Waals surface area contributed by atoms with Gasteiger partial charge in [-0.3, -0.25) is 0 Å². The van der Waals surface area contributed by atoms with Crippen LogP contribution in [0, 0.1) is 5.82 Å².